The molecule has 0 saturated heterocycles. The minimum absolute atomic E-state index is 0.204. The maximum absolute atomic E-state index is 11.6. The largest absolute Gasteiger partial charge is 0.351 e. The highest BCUT2D eigenvalue weighted by atomic mass is 16.5. The zero-order valence-electron chi connectivity index (χ0n) is 8.37. The van der Waals surface area contributed by atoms with E-state index in [2.05, 4.69) is 20.7 Å². The number of hydrogen-bond donors (Lipinski definition) is 2. The summed E-state index contributed by atoms with van der Waals surface area (Å²) in [6.45, 7) is 3.60. The Balaban J connectivity index is 2.14. The second-order valence-electron chi connectivity index (χ2n) is 3.23. The summed E-state index contributed by atoms with van der Waals surface area (Å²) < 4.78 is 4.81. The Hall–Kier alpha value is -2.11. The van der Waals surface area contributed by atoms with Crippen molar-refractivity contribution >= 4 is 11.7 Å². The summed E-state index contributed by atoms with van der Waals surface area (Å²) in [6.07, 6.45) is 1.49. The summed E-state index contributed by atoms with van der Waals surface area (Å²) in [5, 5.41) is 12.7. The number of rotatable bonds is 2. The number of hydrogen-bond acceptors (Lipinski definition) is 4. The van der Waals surface area contributed by atoms with E-state index in [-0.39, 0.29) is 11.7 Å². The van der Waals surface area contributed by atoms with Gasteiger partial charge >= 0.3 is 0 Å². The van der Waals surface area contributed by atoms with Crippen LogP contribution in [-0.2, 0) is 0 Å². The van der Waals surface area contributed by atoms with Gasteiger partial charge in [0.15, 0.2) is 5.82 Å². The third-order valence-electron chi connectivity index (χ3n) is 1.90. The number of H-pyrrole nitrogens is 1. The number of nitrogens with zero attached hydrogens (tertiary/aromatic N) is 2. The van der Waals surface area contributed by atoms with Gasteiger partial charge in [0, 0.05) is 17.3 Å². The maximum atomic E-state index is 11.6. The van der Waals surface area contributed by atoms with Crippen LogP contribution < -0.4 is 5.32 Å². The van der Waals surface area contributed by atoms with E-state index >= 15 is 0 Å². The molecule has 6 nitrogen and oxygen atoms in total. The lowest BCUT2D eigenvalue weighted by atomic mass is 10.3. The first-order valence-corrected chi connectivity index (χ1v) is 4.41. The molecule has 0 aromatic carbocycles. The minimum Gasteiger partial charge on any atom is -0.351 e. The van der Waals surface area contributed by atoms with Crippen molar-refractivity contribution in [3.05, 3.63) is 29.3 Å². The summed E-state index contributed by atoms with van der Waals surface area (Å²) in [6, 6.07) is 1.73. The Bertz CT molecular complexity index is 486. The molecule has 15 heavy (non-hydrogen) atoms. The SMILES string of the molecule is Cc1cc(NC(=O)c2oncc2C)n[nH]1. The highest BCUT2D eigenvalue weighted by molar-refractivity contribution is 6.02. The molecule has 0 bridgehead atoms. The number of aryl methyl sites for hydroxylation is 2. The number of amides is 1. The van der Waals surface area contributed by atoms with E-state index in [0.717, 1.165) is 5.69 Å². The molecular formula is C9H10N4O2. The molecule has 2 N–H and O–H groups in total. The van der Waals surface area contributed by atoms with E-state index in [1.54, 1.807) is 13.0 Å². The van der Waals surface area contributed by atoms with Crippen LogP contribution in [0.25, 0.3) is 0 Å². The number of carbonyl (C=O) groups excluding carboxylic acids is 1. The topological polar surface area (TPSA) is 83.8 Å². The molecule has 2 aromatic heterocycles. The number of aromatic nitrogens is 3. The number of carbonyl (C=O) groups is 1. The first kappa shape index (κ1) is 9.45. The summed E-state index contributed by atoms with van der Waals surface area (Å²) >= 11 is 0. The second-order valence-corrected chi connectivity index (χ2v) is 3.23. The monoisotopic (exact) mass is 206 g/mol. The Kier molecular flexibility index (Phi) is 2.24. The molecule has 2 aromatic rings. The first-order chi connectivity index (χ1) is 7.16. The van der Waals surface area contributed by atoms with Crippen molar-refractivity contribution in [2.24, 2.45) is 0 Å². The van der Waals surface area contributed by atoms with Crippen molar-refractivity contribution in [1.82, 2.24) is 15.4 Å². The lowest BCUT2D eigenvalue weighted by molar-refractivity contribution is 0.0986. The Morgan fingerprint density at radius 3 is 2.87 bits per heavy atom. The molecule has 0 radical (unpaired) electrons. The van der Waals surface area contributed by atoms with E-state index < -0.39 is 0 Å². The van der Waals surface area contributed by atoms with Crippen molar-refractivity contribution in [3.8, 4) is 0 Å². The summed E-state index contributed by atoms with van der Waals surface area (Å²) in [4.78, 5) is 11.6. The molecule has 0 fully saturated rings. The fourth-order valence-corrected chi connectivity index (χ4v) is 1.16. The van der Waals surface area contributed by atoms with Crippen LogP contribution in [0.1, 0.15) is 21.8 Å². The van der Waals surface area contributed by atoms with E-state index in [1.165, 1.54) is 6.20 Å². The average Bonchev–Trinajstić information content (AvgIpc) is 2.75. The molecule has 2 heterocycles. The van der Waals surface area contributed by atoms with E-state index in [1.807, 2.05) is 6.92 Å². The molecule has 1 amide bonds. The third kappa shape index (κ3) is 1.88. The molecule has 6 heteroatoms. The van der Waals surface area contributed by atoms with Gasteiger partial charge in [-0.25, -0.2) is 0 Å². The van der Waals surface area contributed by atoms with Crippen LogP contribution in [-0.4, -0.2) is 21.3 Å². The van der Waals surface area contributed by atoms with Gasteiger partial charge in [-0.3, -0.25) is 9.89 Å². The molecule has 0 aliphatic heterocycles. The van der Waals surface area contributed by atoms with E-state index in [4.69, 9.17) is 4.52 Å². The summed E-state index contributed by atoms with van der Waals surface area (Å²) in [5.41, 5.74) is 1.57. The first-order valence-electron chi connectivity index (χ1n) is 4.41. The van der Waals surface area contributed by atoms with Gasteiger partial charge in [-0.2, -0.15) is 5.10 Å². The van der Waals surface area contributed by atoms with Gasteiger partial charge < -0.3 is 9.84 Å². The number of aromatic amines is 1. The molecule has 0 spiro atoms. The minimum atomic E-state index is -0.350. The molecule has 2 rings (SSSR count). The summed E-state index contributed by atoms with van der Waals surface area (Å²) in [7, 11) is 0. The van der Waals surface area contributed by atoms with Crippen molar-refractivity contribution in [2.45, 2.75) is 13.8 Å². The van der Waals surface area contributed by atoms with Crippen LogP contribution in [0, 0.1) is 13.8 Å². The van der Waals surface area contributed by atoms with Gasteiger partial charge in [-0.1, -0.05) is 5.16 Å². The number of nitrogens with one attached hydrogen (secondary N) is 2. The van der Waals surface area contributed by atoms with Gasteiger partial charge in [0.2, 0.25) is 5.76 Å². The second kappa shape index (κ2) is 3.56. The van der Waals surface area contributed by atoms with Crippen molar-refractivity contribution in [2.75, 3.05) is 5.32 Å². The average molecular weight is 206 g/mol. The molecular weight excluding hydrogens is 196 g/mol. The lowest BCUT2D eigenvalue weighted by Gasteiger charge is -1.97. The van der Waals surface area contributed by atoms with Gasteiger partial charge in [-0.15, -0.1) is 0 Å². The molecule has 0 aliphatic carbocycles. The van der Waals surface area contributed by atoms with Crippen molar-refractivity contribution < 1.29 is 9.32 Å². The van der Waals surface area contributed by atoms with Crippen LogP contribution in [0.2, 0.25) is 0 Å². The highest BCUT2D eigenvalue weighted by Crippen LogP contribution is 2.10. The molecule has 0 unspecified atom stereocenters. The van der Waals surface area contributed by atoms with Crippen molar-refractivity contribution in [3.63, 3.8) is 0 Å². The maximum Gasteiger partial charge on any atom is 0.295 e. The van der Waals surface area contributed by atoms with Gasteiger partial charge in [0.25, 0.3) is 5.91 Å². The Morgan fingerprint density at radius 1 is 1.53 bits per heavy atom. The van der Waals surface area contributed by atoms with Crippen LogP contribution in [0.3, 0.4) is 0 Å². The van der Waals surface area contributed by atoms with Gasteiger partial charge in [0.1, 0.15) is 0 Å². The quantitative estimate of drug-likeness (QED) is 0.774. The highest BCUT2D eigenvalue weighted by Gasteiger charge is 2.14. The van der Waals surface area contributed by atoms with Gasteiger partial charge in [0.05, 0.1) is 6.20 Å². The number of anilines is 1. The van der Waals surface area contributed by atoms with E-state index in [9.17, 15) is 4.79 Å². The zero-order valence-corrected chi connectivity index (χ0v) is 8.37. The Labute approximate surface area is 85.7 Å². The van der Waals surface area contributed by atoms with Crippen LogP contribution in [0.5, 0.6) is 0 Å². The van der Waals surface area contributed by atoms with E-state index in [0.29, 0.717) is 11.4 Å². The Morgan fingerprint density at radius 2 is 2.33 bits per heavy atom. The summed E-state index contributed by atoms with van der Waals surface area (Å²) in [5.74, 6) is 0.320. The standard InChI is InChI=1S/C9H10N4O2/c1-5-4-10-15-8(5)9(14)11-7-3-6(2)12-13-7/h3-4H,1-2H3,(H2,11,12,13,14). The van der Waals surface area contributed by atoms with Crippen LogP contribution in [0.4, 0.5) is 5.82 Å². The smallest absolute Gasteiger partial charge is 0.295 e. The predicted octanol–water partition coefficient (Wildman–Crippen LogP) is 1.27. The molecule has 78 valence electrons. The zero-order chi connectivity index (χ0) is 10.8. The third-order valence-corrected chi connectivity index (χ3v) is 1.90. The molecule has 0 saturated carbocycles. The fourth-order valence-electron chi connectivity index (χ4n) is 1.16. The van der Waals surface area contributed by atoms with Crippen LogP contribution >= 0.6 is 0 Å². The van der Waals surface area contributed by atoms with Crippen molar-refractivity contribution in [1.29, 1.82) is 0 Å². The van der Waals surface area contributed by atoms with Crippen LogP contribution in [0.15, 0.2) is 16.8 Å². The van der Waals surface area contributed by atoms with Gasteiger partial charge in [-0.05, 0) is 13.8 Å². The lowest BCUT2D eigenvalue weighted by Crippen LogP contribution is -2.12. The molecule has 0 atom stereocenters. The molecule has 0 aliphatic rings. The predicted molar refractivity (Wildman–Crippen MR) is 52.5 cm³/mol. The normalized spacial score (nSPS) is 10.3. The fraction of sp³-hybridized carbons (Fsp3) is 0.222.